The molecule has 0 aliphatic heterocycles. The maximum absolute atomic E-state index is 12.9. The van der Waals surface area contributed by atoms with Crippen LogP contribution >= 0.6 is 11.3 Å². The molecule has 27 heavy (non-hydrogen) atoms. The molecule has 1 aromatic rings. The van der Waals surface area contributed by atoms with Crippen LogP contribution in [0.2, 0.25) is 0 Å². The summed E-state index contributed by atoms with van der Waals surface area (Å²) in [6, 6.07) is 0. The molecular formula is C22H31NO3S. The second-order valence-corrected chi connectivity index (χ2v) is 10.9. The molecule has 1 amide bonds. The molecule has 2 saturated carbocycles. The molecule has 0 aromatic carbocycles. The zero-order valence-electron chi connectivity index (χ0n) is 16.9. The standard InChI is InChI=1S/C22H31NO3S/c1-22(2,3)14-7-8-15-17(11-14)27-20(18(15)21(25)26-4)23-19(24)16-10-12-5-6-13(16)9-12/h12-14,16H,5-11H2,1-4H3,(H,23,24)/t12-,13-,14-,16-/m0/s1. The summed E-state index contributed by atoms with van der Waals surface area (Å²) in [5, 5.41) is 3.86. The number of fused-ring (bicyclic) bond motifs is 3. The number of amides is 1. The predicted octanol–water partition coefficient (Wildman–Crippen LogP) is 5.06. The Morgan fingerprint density at radius 3 is 2.52 bits per heavy atom. The summed E-state index contributed by atoms with van der Waals surface area (Å²) in [7, 11) is 1.43. The maximum atomic E-state index is 12.9. The third-order valence-corrected chi connectivity index (χ3v) is 8.36. The monoisotopic (exact) mass is 389 g/mol. The summed E-state index contributed by atoms with van der Waals surface area (Å²) in [5.74, 6) is 1.79. The van der Waals surface area contributed by atoms with E-state index >= 15 is 0 Å². The van der Waals surface area contributed by atoms with Crippen LogP contribution < -0.4 is 5.32 Å². The van der Waals surface area contributed by atoms with Gasteiger partial charge >= 0.3 is 5.97 Å². The van der Waals surface area contributed by atoms with Crippen molar-refractivity contribution < 1.29 is 14.3 Å². The molecule has 0 saturated heterocycles. The third-order valence-electron chi connectivity index (χ3n) is 7.19. The van der Waals surface area contributed by atoms with Gasteiger partial charge in [-0.1, -0.05) is 27.2 Å². The summed E-state index contributed by atoms with van der Waals surface area (Å²) in [6.45, 7) is 6.86. The molecule has 5 heteroatoms. The molecule has 0 unspecified atom stereocenters. The Balaban J connectivity index is 1.59. The molecule has 0 radical (unpaired) electrons. The molecule has 2 fully saturated rings. The fraction of sp³-hybridized carbons (Fsp3) is 0.727. The third kappa shape index (κ3) is 3.43. The Kier molecular flexibility index (Phi) is 4.86. The molecule has 4 atom stereocenters. The second-order valence-electron chi connectivity index (χ2n) is 9.78. The average molecular weight is 390 g/mol. The lowest BCUT2D eigenvalue weighted by Gasteiger charge is -2.33. The molecule has 3 aliphatic carbocycles. The van der Waals surface area contributed by atoms with Gasteiger partial charge in [-0.15, -0.1) is 11.3 Å². The molecule has 148 valence electrons. The number of hydrogen-bond donors (Lipinski definition) is 1. The highest BCUT2D eigenvalue weighted by molar-refractivity contribution is 7.17. The van der Waals surface area contributed by atoms with Crippen LogP contribution in [0.3, 0.4) is 0 Å². The molecule has 1 N–H and O–H groups in total. The van der Waals surface area contributed by atoms with Crippen LogP contribution in [0.4, 0.5) is 5.00 Å². The minimum atomic E-state index is -0.315. The van der Waals surface area contributed by atoms with Gasteiger partial charge < -0.3 is 10.1 Å². The second kappa shape index (κ2) is 6.91. The van der Waals surface area contributed by atoms with Crippen molar-refractivity contribution in [2.75, 3.05) is 12.4 Å². The number of ether oxygens (including phenoxy) is 1. The van der Waals surface area contributed by atoms with Gasteiger partial charge in [0.25, 0.3) is 0 Å². The first-order chi connectivity index (χ1) is 12.8. The fourth-order valence-electron chi connectivity index (χ4n) is 5.50. The van der Waals surface area contributed by atoms with E-state index in [9.17, 15) is 9.59 Å². The fourth-order valence-corrected chi connectivity index (χ4v) is 6.82. The molecular weight excluding hydrogens is 358 g/mol. The Morgan fingerprint density at radius 1 is 1.15 bits per heavy atom. The van der Waals surface area contributed by atoms with Gasteiger partial charge in [0.05, 0.1) is 12.7 Å². The van der Waals surface area contributed by atoms with Crippen molar-refractivity contribution >= 4 is 28.2 Å². The summed E-state index contributed by atoms with van der Waals surface area (Å²) < 4.78 is 5.07. The van der Waals surface area contributed by atoms with Gasteiger partial charge in [-0.25, -0.2) is 4.79 Å². The number of thiophene rings is 1. The Labute approximate surface area is 166 Å². The van der Waals surface area contributed by atoms with Crippen molar-refractivity contribution in [2.45, 2.75) is 65.7 Å². The van der Waals surface area contributed by atoms with Crippen LogP contribution in [0.5, 0.6) is 0 Å². The maximum Gasteiger partial charge on any atom is 0.341 e. The number of esters is 1. The minimum absolute atomic E-state index is 0.110. The van der Waals surface area contributed by atoms with Crippen LogP contribution in [0.25, 0.3) is 0 Å². The van der Waals surface area contributed by atoms with E-state index in [1.54, 1.807) is 11.3 Å². The zero-order chi connectivity index (χ0) is 19.3. The molecule has 0 spiro atoms. The predicted molar refractivity (Wildman–Crippen MR) is 108 cm³/mol. The van der Waals surface area contributed by atoms with E-state index in [0.29, 0.717) is 22.4 Å². The van der Waals surface area contributed by atoms with Crippen LogP contribution in [0, 0.1) is 29.1 Å². The molecule has 4 rings (SSSR count). The summed E-state index contributed by atoms with van der Waals surface area (Å²) in [5.41, 5.74) is 1.97. The van der Waals surface area contributed by atoms with Gasteiger partial charge in [-0.3, -0.25) is 4.79 Å². The van der Waals surface area contributed by atoms with Crippen molar-refractivity contribution in [3.8, 4) is 0 Å². The van der Waals surface area contributed by atoms with Crippen LogP contribution in [-0.4, -0.2) is 19.0 Å². The van der Waals surface area contributed by atoms with E-state index in [1.165, 1.54) is 31.2 Å². The largest absolute Gasteiger partial charge is 0.465 e. The molecule has 3 aliphatic rings. The van der Waals surface area contributed by atoms with Gasteiger partial charge in [-0.2, -0.15) is 0 Å². The van der Waals surface area contributed by atoms with Gasteiger partial charge in [0, 0.05) is 10.8 Å². The first kappa shape index (κ1) is 19.0. The van der Waals surface area contributed by atoms with E-state index < -0.39 is 0 Å². The normalized spacial score (nSPS) is 29.5. The van der Waals surface area contributed by atoms with E-state index in [0.717, 1.165) is 37.2 Å². The van der Waals surface area contributed by atoms with Crippen molar-refractivity contribution in [1.82, 2.24) is 0 Å². The number of carbonyl (C=O) groups is 2. The first-order valence-electron chi connectivity index (χ1n) is 10.3. The zero-order valence-corrected chi connectivity index (χ0v) is 17.7. The molecule has 2 bridgehead atoms. The molecule has 1 heterocycles. The first-order valence-corrected chi connectivity index (χ1v) is 11.1. The summed E-state index contributed by atoms with van der Waals surface area (Å²) >= 11 is 1.60. The van der Waals surface area contributed by atoms with Crippen molar-refractivity contribution in [3.63, 3.8) is 0 Å². The lowest BCUT2D eigenvalue weighted by molar-refractivity contribution is -0.121. The highest BCUT2D eigenvalue weighted by Crippen LogP contribution is 2.49. The van der Waals surface area contributed by atoms with Crippen molar-refractivity contribution in [3.05, 3.63) is 16.0 Å². The smallest absolute Gasteiger partial charge is 0.341 e. The topological polar surface area (TPSA) is 55.4 Å². The summed E-state index contributed by atoms with van der Waals surface area (Å²) in [6.07, 6.45) is 7.64. The molecule has 1 aromatic heterocycles. The molecule has 4 nitrogen and oxygen atoms in total. The van der Waals surface area contributed by atoms with Crippen molar-refractivity contribution in [2.24, 2.45) is 29.1 Å². The Bertz CT molecular complexity index is 760. The van der Waals surface area contributed by atoms with E-state index in [4.69, 9.17) is 4.74 Å². The lowest BCUT2D eigenvalue weighted by Crippen LogP contribution is -2.28. The van der Waals surface area contributed by atoms with E-state index in [1.807, 2.05) is 0 Å². The van der Waals surface area contributed by atoms with Crippen LogP contribution in [-0.2, 0) is 22.4 Å². The number of hydrogen-bond acceptors (Lipinski definition) is 4. The number of carbonyl (C=O) groups excluding carboxylic acids is 2. The number of anilines is 1. The van der Waals surface area contributed by atoms with Crippen molar-refractivity contribution in [1.29, 1.82) is 0 Å². The Hall–Kier alpha value is -1.36. The SMILES string of the molecule is COC(=O)c1c(NC(=O)[C@H]2C[C@H]3CC[C@H]2C3)sc2c1CC[C@H](C(C)(C)C)C2. The van der Waals surface area contributed by atoms with Gasteiger partial charge in [-0.05, 0) is 67.3 Å². The number of methoxy groups -OCH3 is 1. The Morgan fingerprint density at radius 2 is 1.93 bits per heavy atom. The average Bonchev–Trinajstić information content (AvgIpc) is 3.33. The van der Waals surface area contributed by atoms with E-state index in [-0.39, 0.29) is 23.2 Å². The van der Waals surface area contributed by atoms with Gasteiger partial charge in [0.15, 0.2) is 0 Å². The van der Waals surface area contributed by atoms with Crippen LogP contribution in [0.1, 0.15) is 73.7 Å². The van der Waals surface area contributed by atoms with Crippen LogP contribution in [0.15, 0.2) is 0 Å². The minimum Gasteiger partial charge on any atom is -0.465 e. The number of nitrogens with one attached hydrogen (secondary N) is 1. The summed E-state index contributed by atoms with van der Waals surface area (Å²) in [4.78, 5) is 26.7. The van der Waals surface area contributed by atoms with Gasteiger partial charge in [0.1, 0.15) is 5.00 Å². The quantitative estimate of drug-likeness (QED) is 0.735. The number of rotatable bonds is 3. The highest BCUT2D eigenvalue weighted by atomic mass is 32.1. The lowest BCUT2D eigenvalue weighted by atomic mass is 9.72. The highest BCUT2D eigenvalue weighted by Gasteiger charge is 2.43. The van der Waals surface area contributed by atoms with Gasteiger partial charge in [0.2, 0.25) is 5.91 Å². The van der Waals surface area contributed by atoms with E-state index in [2.05, 4.69) is 26.1 Å².